The van der Waals surface area contributed by atoms with Crippen molar-refractivity contribution in [2.24, 2.45) is 11.8 Å². The molecule has 0 spiro atoms. The molecule has 0 saturated heterocycles. The van der Waals surface area contributed by atoms with Gasteiger partial charge in [-0.3, -0.25) is 0 Å². The predicted octanol–water partition coefficient (Wildman–Crippen LogP) is 14.7. The molecule has 2 aliphatic rings. The molecule has 2 fully saturated rings. The van der Waals surface area contributed by atoms with Crippen molar-refractivity contribution in [3.8, 4) is 44.5 Å². The van der Waals surface area contributed by atoms with Crippen molar-refractivity contribution in [3.05, 3.63) is 230 Å². The first-order valence-corrected chi connectivity index (χ1v) is 33.5. The fourth-order valence-corrected chi connectivity index (χ4v) is 12.8. The van der Waals surface area contributed by atoms with E-state index in [4.69, 9.17) is 0 Å². The maximum Gasteiger partial charge on any atom is -0.0114 e. The smallest absolute Gasteiger partial charge is 0.0114 e. The fourth-order valence-electron chi connectivity index (χ4n) is 12.8. The van der Waals surface area contributed by atoms with Crippen LogP contribution in [-0.2, 0) is 36.2 Å². The Morgan fingerprint density at radius 2 is 0.592 bits per heavy atom. The summed E-state index contributed by atoms with van der Waals surface area (Å²) in [4.78, 5) is 0. The molecule has 0 unspecified atom stereocenters. The SMILES string of the molecule is C[Si](C)=[Zr+2].[Cl-].[Cl-].c1ccc2c(-c3ccc(-c4cccc5ccccc45)c4[cH-]c(CC5CCCC5)cc34)cccc2c1.c1ccc2c(-c3ccc(-c4cccc5ccccc45)c4[cH-]c(CC5CCCC5)cc34)cccc2c1. The molecule has 12 aromatic carbocycles. The van der Waals surface area contributed by atoms with Crippen LogP contribution in [0.15, 0.2) is 218 Å². The van der Waals surface area contributed by atoms with Gasteiger partial charge in [0.25, 0.3) is 0 Å². The van der Waals surface area contributed by atoms with Gasteiger partial charge in [-0.05, 0) is 78.9 Å². The number of halogens is 2. The molecule has 0 aromatic heterocycles. The average molecular weight is 1120 g/mol. The van der Waals surface area contributed by atoms with E-state index in [1.807, 2.05) is 0 Å². The van der Waals surface area contributed by atoms with Gasteiger partial charge in [0, 0.05) is 0 Å². The molecule has 0 atom stereocenters. The second-order valence-corrected chi connectivity index (χ2v) is 30.9. The number of rotatable bonds is 8. The summed E-state index contributed by atoms with van der Waals surface area (Å²) in [6.07, 6.45) is 13.5. The van der Waals surface area contributed by atoms with Gasteiger partial charge in [-0.15, -0.1) is 44.8 Å². The van der Waals surface area contributed by atoms with Crippen LogP contribution in [0.25, 0.3) is 109 Å². The summed E-state index contributed by atoms with van der Waals surface area (Å²) in [6, 6.07) is 81.4. The van der Waals surface area contributed by atoms with Gasteiger partial charge in [0.2, 0.25) is 0 Å². The van der Waals surface area contributed by atoms with Crippen molar-refractivity contribution in [1.82, 2.24) is 0 Å². The van der Waals surface area contributed by atoms with Crippen molar-refractivity contribution in [3.63, 3.8) is 0 Å². The van der Waals surface area contributed by atoms with Gasteiger partial charge >= 0.3 is 41.9 Å². The fraction of sp³-hybridized carbons (Fsp3) is 0.194. The minimum Gasteiger partial charge on any atom is -1.00 e. The van der Waals surface area contributed by atoms with E-state index in [0.717, 1.165) is 11.8 Å². The summed E-state index contributed by atoms with van der Waals surface area (Å²) in [5.74, 6) is 1.68. The number of hydrogen-bond donors (Lipinski definition) is 0. The zero-order chi connectivity index (χ0) is 50.0. The van der Waals surface area contributed by atoms with Crippen molar-refractivity contribution >= 4 is 70.1 Å². The van der Waals surface area contributed by atoms with Gasteiger partial charge in [0.1, 0.15) is 0 Å². The molecule has 0 N–H and O–H groups in total. The molecular formula is C72H64Cl2SiZr-2. The molecule has 0 radical (unpaired) electrons. The molecule has 0 amide bonds. The minimum atomic E-state index is 0. The topological polar surface area (TPSA) is 0 Å². The Morgan fingerprint density at radius 3 is 0.908 bits per heavy atom. The molecule has 0 aliphatic heterocycles. The van der Waals surface area contributed by atoms with E-state index in [2.05, 4.69) is 231 Å². The Labute approximate surface area is 477 Å². The molecule has 2 saturated carbocycles. The zero-order valence-corrected chi connectivity index (χ0v) is 48.7. The van der Waals surface area contributed by atoms with E-state index in [0.29, 0.717) is 0 Å². The minimum absolute atomic E-state index is 0. The molecule has 2 aliphatic carbocycles. The molecule has 0 heterocycles. The Morgan fingerprint density at radius 1 is 0.342 bits per heavy atom. The van der Waals surface area contributed by atoms with Crippen LogP contribution >= 0.6 is 0 Å². The van der Waals surface area contributed by atoms with Gasteiger partial charge < -0.3 is 24.8 Å². The summed E-state index contributed by atoms with van der Waals surface area (Å²) < 4.78 is 0. The summed E-state index contributed by atoms with van der Waals surface area (Å²) in [5.41, 5.74) is 13.9. The number of benzene rings is 10. The summed E-state index contributed by atoms with van der Waals surface area (Å²) >= 11 is 1.74. The van der Waals surface area contributed by atoms with Gasteiger partial charge in [-0.1, -0.05) is 279 Å². The standard InChI is InChI=1S/2C35H29.C2H6Si.2ClH.Zr/c2*1-2-10-24(9-1)21-25-22-34-32(30-17-7-13-26-11-3-5-15-28(26)30)19-20-33(35(34)23-25)31-18-8-14-27-12-4-6-16-29(27)31;1-3-2;;;/h2*3-8,11-20,22-24H,1-2,9-10,21H2;1-2H3;2*1H;/q2*-1;;;;+2/p-2. The van der Waals surface area contributed by atoms with Crippen LogP contribution in [0.1, 0.15) is 62.5 Å². The Balaban J connectivity index is 0.000000158. The second-order valence-electron chi connectivity index (χ2n) is 21.5. The van der Waals surface area contributed by atoms with Gasteiger partial charge in [0.05, 0.1) is 0 Å². The van der Waals surface area contributed by atoms with Crippen LogP contribution < -0.4 is 24.8 Å². The Bertz CT molecular complexity index is 3480. The molecule has 76 heavy (non-hydrogen) atoms. The van der Waals surface area contributed by atoms with Crippen LogP contribution in [-0.4, -0.2) is 5.43 Å². The van der Waals surface area contributed by atoms with Crippen LogP contribution in [0.5, 0.6) is 0 Å². The quantitative estimate of drug-likeness (QED) is 0.105. The zero-order valence-electron chi connectivity index (χ0n) is 43.8. The van der Waals surface area contributed by atoms with E-state index in [1.165, 1.54) is 184 Å². The normalized spacial score (nSPS) is 13.6. The Hall–Kier alpha value is -5.86. The first kappa shape index (κ1) is 53.5. The Kier molecular flexibility index (Phi) is 17.1. The van der Waals surface area contributed by atoms with Crippen molar-refractivity contribution in [1.29, 1.82) is 0 Å². The summed E-state index contributed by atoms with van der Waals surface area (Å²) in [6.45, 7) is 4.62. The maximum absolute atomic E-state index is 2.50. The van der Waals surface area contributed by atoms with Crippen molar-refractivity contribution in [2.45, 2.75) is 77.3 Å². The third kappa shape index (κ3) is 11.1. The number of hydrogen-bond acceptors (Lipinski definition) is 0. The molecule has 0 bridgehead atoms. The monoisotopic (exact) mass is 1120 g/mol. The second kappa shape index (κ2) is 24.2. The molecule has 12 aromatic rings. The van der Waals surface area contributed by atoms with E-state index in [1.54, 1.807) is 23.3 Å². The molecule has 4 heteroatoms. The van der Waals surface area contributed by atoms with Crippen molar-refractivity contribution < 1.29 is 48.1 Å². The first-order chi connectivity index (χ1) is 36.4. The van der Waals surface area contributed by atoms with Crippen LogP contribution in [0, 0.1) is 11.8 Å². The van der Waals surface area contributed by atoms with Gasteiger partial charge in [0.15, 0.2) is 0 Å². The maximum atomic E-state index is 2.50. The predicted molar refractivity (Wildman–Crippen MR) is 320 cm³/mol. The van der Waals surface area contributed by atoms with Crippen LogP contribution in [0.4, 0.5) is 0 Å². The van der Waals surface area contributed by atoms with E-state index in [9.17, 15) is 0 Å². The van der Waals surface area contributed by atoms with Gasteiger partial charge in [-0.25, -0.2) is 0 Å². The van der Waals surface area contributed by atoms with E-state index < -0.39 is 0 Å². The number of fused-ring (bicyclic) bond motifs is 6. The molecule has 0 nitrogen and oxygen atoms in total. The molecule has 14 rings (SSSR count). The molecular weight excluding hydrogens is 1060 g/mol. The largest absolute Gasteiger partial charge is 1.00 e. The summed E-state index contributed by atoms with van der Waals surface area (Å²) in [5, 5.41) is 16.1. The first-order valence-electron chi connectivity index (χ1n) is 27.3. The third-order valence-electron chi connectivity index (χ3n) is 16.2. The van der Waals surface area contributed by atoms with Crippen LogP contribution in [0.3, 0.4) is 0 Å². The van der Waals surface area contributed by atoms with Crippen molar-refractivity contribution in [2.75, 3.05) is 0 Å². The van der Waals surface area contributed by atoms with E-state index in [-0.39, 0.29) is 30.2 Å². The average Bonchev–Trinajstić information content (AvgIpc) is 4.31. The van der Waals surface area contributed by atoms with E-state index >= 15 is 0 Å². The van der Waals surface area contributed by atoms with Gasteiger partial charge in [-0.2, -0.15) is 12.1 Å². The summed E-state index contributed by atoms with van der Waals surface area (Å²) in [7, 11) is 0. The third-order valence-corrected chi connectivity index (χ3v) is 16.2. The molecule has 376 valence electrons. The van der Waals surface area contributed by atoms with Crippen LogP contribution in [0.2, 0.25) is 13.1 Å².